The van der Waals surface area contributed by atoms with Gasteiger partial charge < -0.3 is 10.0 Å². The molecule has 11 aromatic carbocycles. The quantitative estimate of drug-likeness (QED) is 0.0666. The SMILES string of the molecule is C.CC(=O)C=C(C)O.CC(C)(C)c1cc(-c2[c-]cccc2)ncn1.CC1(C)c2ccccc2-c2ccc(N(c3ccc(-c4ccccc4)cc3)c3ccc(-c4cccc5c4sc4ccccc45)cc3)cc21.[Ir].c1ccc(-c2ccnc3c2ccc2c(-c4ccccc4)ccnc23)cc1. The molecule has 15 aromatic rings. The topological polar surface area (TPSA) is 92.1 Å². The van der Waals surface area contributed by atoms with Gasteiger partial charge in [-0.25, -0.2) is 4.98 Å². The molecule has 0 saturated heterocycles. The van der Waals surface area contributed by atoms with Crippen molar-refractivity contribution in [2.24, 2.45) is 0 Å². The first-order valence-corrected chi connectivity index (χ1v) is 33.1. The molecular formula is C89H76IrN5O2S-. The van der Waals surface area contributed by atoms with Crippen molar-refractivity contribution in [1.82, 2.24) is 19.9 Å². The van der Waals surface area contributed by atoms with Crippen molar-refractivity contribution in [3.63, 3.8) is 0 Å². The zero-order valence-electron chi connectivity index (χ0n) is 55.2. The molecule has 16 rings (SSSR count). The predicted molar refractivity (Wildman–Crippen MR) is 409 cm³/mol. The number of aromatic nitrogens is 4. The van der Waals surface area contributed by atoms with Gasteiger partial charge in [-0.1, -0.05) is 242 Å². The third-order valence-electron chi connectivity index (χ3n) is 17.5. The third-order valence-corrected chi connectivity index (χ3v) is 18.7. The Morgan fingerprint density at radius 2 is 0.969 bits per heavy atom. The maximum Gasteiger partial charge on any atom is 0.155 e. The van der Waals surface area contributed by atoms with Gasteiger partial charge >= 0.3 is 0 Å². The van der Waals surface area contributed by atoms with E-state index in [1.54, 1.807) is 6.33 Å². The van der Waals surface area contributed by atoms with Crippen molar-refractivity contribution in [3.8, 4) is 66.9 Å². The van der Waals surface area contributed by atoms with E-state index in [-0.39, 0.29) is 49.9 Å². The van der Waals surface area contributed by atoms with Crippen LogP contribution in [-0.4, -0.2) is 30.8 Å². The normalized spacial score (nSPS) is 11.9. The molecule has 4 heterocycles. The average Bonchev–Trinajstić information content (AvgIpc) is 1.55. The zero-order chi connectivity index (χ0) is 66.3. The number of anilines is 3. The minimum atomic E-state index is -0.125. The van der Waals surface area contributed by atoms with Gasteiger partial charge in [0.1, 0.15) is 6.33 Å². The van der Waals surface area contributed by atoms with Gasteiger partial charge in [0.15, 0.2) is 5.78 Å². The van der Waals surface area contributed by atoms with Crippen LogP contribution in [0.3, 0.4) is 0 Å². The van der Waals surface area contributed by atoms with Crippen molar-refractivity contribution in [3.05, 3.63) is 332 Å². The molecular weight excluding hydrogens is 1400 g/mol. The summed E-state index contributed by atoms with van der Waals surface area (Å²) in [4.78, 5) is 30.3. The van der Waals surface area contributed by atoms with Crippen LogP contribution in [0.2, 0.25) is 0 Å². The molecule has 0 atom stereocenters. The van der Waals surface area contributed by atoms with Crippen LogP contribution in [0.15, 0.2) is 310 Å². The molecule has 0 bridgehead atoms. The number of benzene rings is 11. The Balaban J connectivity index is 0.000000159. The zero-order valence-corrected chi connectivity index (χ0v) is 58.4. The van der Waals surface area contributed by atoms with Gasteiger partial charge in [0.05, 0.1) is 16.8 Å². The van der Waals surface area contributed by atoms with Gasteiger partial charge in [0, 0.05) is 103 Å². The molecule has 98 heavy (non-hydrogen) atoms. The van der Waals surface area contributed by atoms with E-state index in [2.05, 4.69) is 302 Å². The van der Waals surface area contributed by atoms with Crippen LogP contribution in [0.1, 0.15) is 72.7 Å². The number of rotatable bonds is 9. The molecule has 0 spiro atoms. The number of pyridine rings is 2. The first kappa shape index (κ1) is 68.6. The van der Waals surface area contributed by atoms with Crippen LogP contribution < -0.4 is 4.90 Å². The predicted octanol–water partition coefficient (Wildman–Crippen LogP) is 24.2. The number of carbonyl (C=O) groups is 1. The summed E-state index contributed by atoms with van der Waals surface area (Å²) in [5, 5.41) is 13.3. The molecule has 485 valence electrons. The molecule has 7 nitrogen and oxygen atoms in total. The number of allylic oxidation sites excluding steroid dienone is 2. The number of fused-ring (bicyclic) bond motifs is 9. The fourth-order valence-electron chi connectivity index (χ4n) is 12.8. The molecule has 0 fully saturated rings. The monoisotopic (exact) mass is 1470 g/mol. The molecule has 1 aliphatic carbocycles. The third kappa shape index (κ3) is 14.6. The molecule has 1 N–H and O–H groups in total. The van der Waals surface area contributed by atoms with Crippen LogP contribution in [0.25, 0.3) is 109 Å². The van der Waals surface area contributed by atoms with Gasteiger partial charge in [0.2, 0.25) is 0 Å². The second-order valence-electron chi connectivity index (χ2n) is 25.5. The van der Waals surface area contributed by atoms with Gasteiger partial charge in [-0.05, 0) is 141 Å². The molecule has 1 radical (unpaired) electrons. The van der Waals surface area contributed by atoms with Crippen LogP contribution in [0.4, 0.5) is 17.1 Å². The summed E-state index contributed by atoms with van der Waals surface area (Å²) in [6.45, 7) is 14.0. The number of hydrogen-bond donors (Lipinski definition) is 1. The van der Waals surface area contributed by atoms with Crippen LogP contribution in [0, 0.1) is 6.07 Å². The van der Waals surface area contributed by atoms with Crippen molar-refractivity contribution in [1.29, 1.82) is 0 Å². The molecule has 0 aliphatic heterocycles. The molecule has 0 amide bonds. The van der Waals surface area contributed by atoms with Gasteiger partial charge in [-0.3, -0.25) is 19.7 Å². The minimum absolute atomic E-state index is 0. The van der Waals surface area contributed by atoms with E-state index >= 15 is 0 Å². The summed E-state index contributed by atoms with van der Waals surface area (Å²) < 4.78 is 2.67. The minimum Gasteiger partial charge on any atom is -0.512 e. The summed E-state index contributed by atoms with van der Waals surface area (Å²) in [5.74, 6) is -0.0625. The van der Waals surface area contributed by atoms with Crippen molar-refractivity contribution < 1.29 is 30.0 Å². The first-order valence-electron chi connectivity index (χ1n) is 32.3. The number of carbonyl (C=O) groups excluding carboxylic acids is 1. The Hall–Kier alpha value is -10.8. The van der Waals surface area contributed by atoms with E-state index in [1.807, 2.05) is 66.2 Å². The smallest absolute Gasteiger partial charge is 0.155 e. The molecule has 4 aromatic heterocycles. The van der Waals surface area contributed by atoms with Crippen molar-refractivity contribution >= 4 is 76.2 Å². The van der Waals surface area contributed by atoms with Crippen molar-refractivity contribution in [2.45, 2.75) is 66.7 Å². The van der Waals surface area contributed by atoms with E-state index in [0.717, 1.165) is 55.8 Å². The van der Waals surface area contributed by atoms with Crippen LogP contribution in [-0.2, 0) is 35.7 Å². The summed E-state index contributed by atoms with van der Waals surface area (Å²) in [5.41, 5.74) is 23.4. The van der Waals surface area contributed by atoms with Crippen LogP contribution in [0.5, 0.6) is 0 Å². The number of hydrogen-bond acceptors (Lipinski definition) is 8. The van der Waals surface area contributed by atoms with E-state index in [1.165, 1.54) is 107 Å². The Labute approximate surface area is 593 Å². The summed E-state index contributed by atoms with van der Waals surface area (Å²) in [6.07, 6.45) is 6.54. The average molecular weight is 1470 g/mol. The fraction of sp³-hybridized carbons (Fsp3) is 0.112. The second kappa shape index (κ2) is 30.1. The number of thiophene rings is 1. The molecule has 0 saturated carbocycles. The maximum absolute atomic E-state index is 10.0. The van der Waals surface area contributed by atoms with E-state index in [0.29, 0.717) is 0 Å². The van der Waals surface area contributed by atoms with E-state index in [4.69, 9.17) is 5.11 Å². The summed E-state index contributed by atoms with van der Waals surface area (Å²) in [6, 6.07) is 102. The van der Waals surface area contributed by atoms with Crippen LogP contribution >= 0.6 is 11.3 Å². The number of aliphatic hydroxyl groups excluding tert-OH is 1. The summed E-state index contributed by atoms with van der Waals surface area (Å²) >= 11 is 1.88. The fourth-order valence-corrected chi connectivity index (χ4v) is 14.0. The first-order chi connectivity index (χ1) is 46.7. The Kier molecular flexibility index (Phi) is 21.1. The van der Waals surface area contributed by atoms with Gasteiger partial charge in [-0.2, -0.15) is 0 Å². The van der Waals surface area contributed by atoms with E-state index < -0.39 is 0 Å². The number of aliphatic hydroxyl groups is 1. The Bertz CT molecular complexity index is 5180. The largest absolute Gasteiger partial charge is 0.512 e. The number of ketones is 1. The van der Waals surface area contributed by atoms with Crippen molar-refractivity contribution in [2.75, 3.05) is 4.90 Å². The Morgan fingerprint density at radius 3 is 1.54 bits per heavy atom. The Morgan fingerprint density at radius 1 is 0.469 bits per heavy atom. The summed E-state index contributed by atoms with van der Waals surface area (Å²) in [7, 11) is 0. The molecule has 0 unspecified atom stereocenters. The maximum atomic E-state index is 10.0. The van der Waals surface area contributed by atoms with E-state index in [9.17, 15) is 4.79 Å². The standard InChI is InChI=1S/C45H33NS.C24H16N2.C14H15N2.C5H8O2.CH4.Ir/c1-45(2)41-17-8-6-13-37(41)38-28-27-35(29-42(38)45)46(33-23-19-31(20-24-33)30-11-4-3-5-12-30)34-25-21-32(22-26-34)36-15-10-16-40-39-14-7-9-18-43(39)47-44(36)40;1-3-7-17(8-4-1)19-13-15-25-23-21(19)11-12-22-20(14-16-26-24(22)23)18-9-5-2-6-10-18;1-14(2,3)13-9-12(15-10-16-13)11-7-5-4-6-8-11;1-4(6)3-5(2)7;;/h3-29H,1-2H3;1-16H;4-7,9-10H,1-3H3;3,6H,1-2H3;1H4;/q;;-1;;;. The number of nitrogens with zero attached hydrogens (tertiary/aromatic N) is 5. The van der Waals surface area contributed by atoms with Gasteiger partial charge in [-0.15, -0.1) is 47.2 Å². The molecule has 9 heteroatoms. The van der Waals surface area contributed by atoms with Gasteiger partial charge in [0.25, 0.3) is 0 Å². The molecule has 1 aliphatic rings. The second-order valence-corrected chi connectivity index (χ2v) is 26.5.